The van der Waals surface area contributed by atoms with Gasteiger partial charge in [0, 0.05) is 0 Å². The zero-order chi connectivity index (χ0) is 22.2. The molecule has 0 amide bonds. The van der Waals surface area contributed by atoms with Crippen molar-refractivity contribution in [1.29, 1.82) is 0 Å². The van der Waals surface area contributed by atoms with Crippen molar-refractivity contribution in [2.24, 2.45) is 0 Å². The molecule has 1 rings (SSSR count). The van der Waals surface area contributed by atoms with E-state index >= 15 is 0 Å². The number of carbonyl (C=O) groups is 5. The maximum absolute atomic E-state index is 12.7. The molecule has 0 aliphatic carbocycles. The molecule has 29 heavy (non-hydrogen) atoms. The first-order valence-corrected chi connectivity index (χ1v) is 8.33. The molecule has 1 aromatic carbocycles. The van der Waals surface area contributed by atoms with Crippen LogP contribution in [0, 0.1) is 0 Å². The van der Waals surface area contributed by atoms with E-state index in [1.54, 1.807) is 20.8 Å². The smallest absolute Gasteiger partial charge is 0.354 e. The summed E-state index contributed by atoms with van der Waals surface area (Å²) in [6.45, 7) is 4.83. The van der Waals surface area contributed by atoms with Gasteiger partial charge in [0.2, 0.25) is 12.2 Å². The van der Waals surface area contributed by atoms with Crippen molar-refractivity contribution in [2.75, 3.05) is 14.2 Å². The molecule has 1 aromatic rings. The predicted octanol–water partition coefficient (Wildman–Crippen LogP) is 0.880. The average molecular weight is 410 g/mol. The fourth-order valence-corrected chi connectivity index (χ4v) is 2.01. The molecular weight excluding hydrogens is 388 g/mol. The largest absolute Gasteiger partial charge is 0.470 e. The molecule has 0 saturated carbocycles. The van der Waals surface area contributed by atoms with E-state index in [1.807, 2.05) is 0 Å². The molecule has 0 aliphatic heterocycles. The first kappa shape index (κ1) is 23.6. The summed E-state index contributed by atoms with van der Waals surface area (Å²) in [6.07, 6.45) is -2.97. The molecule has 10 heteroatoms. The predicted molar refractivity (Wildman–Crippen MR) is 96.6 cm³/mol. The number of rotatable bonds is 9. The van der Waals surface area contributed by atoms with Crippen LogP contribution in [0.5, 0.6) is 11.5 Å². The van der Waals surface area contributed by atoms with Crippen molar-refractivity contribution < 1.29 is 47.7 Å². The summed E-state index contributed by atoms with van der Waals surface area (Å²) in [5.74, 6) is -3.45. The molecule has 158 valence electrons. The van der Waals surface area contributed by atoms with Crippen molar-refractivity contribution in [3.05, 3.63) is 23.8 Å². The van der Waals surface area contributed by atoms with Crippen LogP contribution in [0.2, 0.25) is 0 Å². The summed E-state index contributed by atoms with van der Waals surface area (Å²) in [6, 6.07) is 3.91. The molecule has 0 saturated heterocycles. The Morgan fingerprint density at radius 3 is 1.59 bits per heavy atom. The van der Waals surface area contributed by atoms with Gasteiger partial charge in [-0.1, -0.05) is 6.07 Å². The lowest BCUT2D eigenvalue weighted by atomic mass is 10.1. The highest BCUT2D eigenvalue weighted by atomic mass is 16.6. The van der Waals surface area contributed by atoms with Gasteiger partial charge in [-0.3, -0.25) is 9.59 Å². The monoisotopic (exact) mass is 410 g/mol. The number of hydrogen-bond acceptors (Lipinski definition) is 10. The summed E-state index contributed by atoms with van der Waals surface area (Å²) in [5.41, 5.74) is -1.26. The lowest BCUT2D eigenvalue weighted by molar-refractivity contribution is -0.151. The van der Waals surface area contributed by atoms with E-state index in [0.717, 1.165) is 14.2 Å². The van der Waals surface area contributed by atoms with Gasteiger partial charge in [-0.05, 0) is 32.9 Å². The molecule has 0 heterocycles. The third kappa shape index (κ3) is 6.59. The number of hydrogen-bond donors (Lipinski definition) is 0. The second-order valence-electron chi connectivity index (χ2n) is 6.53. The summed E-state index contributed by atoms with van der Waals surface area (Å²) in [5, 5.41) is 0. The third-order valence-corrected chi connectivity index (χ3v) is 3.21. The van der Waals surface area contributed by atoms with Gasteiger partial charge >= 0.3 is 17.9 Å². The van der Waals surface area contributed by atoms with Gasteiger partial charge in [0.25, 0.3) is 0 Å². The van der Waals surface area contributed by atoms with Gasteiger partial charge in [-0.15, -0.1) is 0 Å². The van der Waals surface area contributed by atoms with E-state index < -0.39 is 35.7 Å². The fraction of sp³-hybridized carbons (Fsp3) is 0.421. The number of methoxy groups -OCH3 is 2. The second kappa shape index (κ2) is 10.2. The summed E-state index contributed by atoms with van der Waals surface area (Å²) in [4.78, 5) is 58.4. The first-order valence-electron chi connectivity index (χ1n) is 8.33. The van der Waals surface area contributed by atoms with Gasteiger partial charge in [0.05, 0.1) is 14.2 Å². The third-order valence-electron chi connectivity index (χ3n) is 3.21. The summed E-state index contributed by atoms with van der Waals surface area (Å²) in [7, 11) is 2.11. The number of benzene rings is 1. The average Bonchev–Trinajstić information content (AvgIpc) is 2.67. The van der Waals surface area contributed by atoms with Crippen LogP contribution >= 0.6 is 0 Å². The van der Waals surface area contributed by atoms with Crippen molar-refractivity contribution in [2.45, 2.75) is 38.6 Å². The Kier molecular flexibility index (Phi) is 8.31. The number of esters is 3. The standard InChI is InChI=1S/C19H22O10/c1-19(2,3)29-18(24)15-11(27-13(9-20)16(22)25-4)7-6-8-12(15)28-14(10-21)17(23)26-5/h6-10,13-14H,1-5H3. The highest BCUT2D eigenvalue weighted by Gasteiger charge is 2.31. The Morgan fingerprint density at radius 1 is 0.862 bits per heavy atom. The SMILES string of the molecule is COC(=O)C(C=O)Oc1cccc(OC(C=O)C(=O)OC)c1C(=O)OC(C)(C)C. The second-order valence-corrected chi connectivity index (χ2v) is 6.53. The highest BCUT2D eigenvalue weighted by molar-refractivity contribution is 5.98. The van der Waals surface area contributed by atoms with Gasteiger partial charge in [0.1, 0.15) is 22.7 Å². The fourth-order valence-electron chi connectivity index (χ4n) is 2.01. The molecular formula is C19H22O10. The minimum atomic E-state index is -1.67. The van der Waals surface area contributed by atoms with Crippen LogP contribution in [-0.4, -0.2) is 62.5 Å². The highest BCUT2D eigenvalue weighted by Crippen LogP contribution is 2.32. The van der Waals surface area contributed by atoms with E-state index in [2.05, 4.69) is 9.47 Å². The first-order chi connectivity index (χ1) is 13.6. The molecule has 10 nitrogen and oxygen atoms in total. The Morgan fingerprint density at radius 2 is 1.28 bits per heavy atom. The van der Waals surface area contributed by atoms with Crippen LogP contribution in [0.1, 0.15) is 31.1 Å². The molecule has 2 atom stereocenters. The van der Waals surface area contributed by atoms with E-state index in [0.29, 0.717) is 0 Å². The van der Waals surface area contributed by atoms with Crippen molar-refractivity contribution in [3.63, 3.8) is 0 Å². The van der Waals surface area contributed by atoms with Gasteiger partial charge < -0.3 is 23.7 Å². The minimum Gasteiger partial charge on any atom is -0.470 e. The van der Waals surface area contributed by atoms with Gasteiger partial charge in [-0.2, -0.15) is 0 Å². The minimum absolute atomic E-state index is 0.181. The molecule has 0 aliphatic rings. The normalized spacial score (nSPS) is 12.7. The van der Waals surface area contributed by atoms with Crippen LogP contribution in [-0.2, 0) is 33.4 Å². The Balaban J connectivity index is 3.46. The maximum Gasteiger partial charge on any atom is 0.354 e. The van der Waals surface area contributed by atoms with E-state index in [9.17, 15) is 24.0 Å². The molecule has 0 bridgehead atoms. The number of carbonyl (C=O) groups excluding carboxylic acids is 5. The molecule has 2 unspecified atom stereocenters. The quantitative estimate of drug-likeness (QED) is 0.250. The molecule has 0 N–H and O–H groups in total. The van der Waals surface area contributed by atoms with Crippen LogP contribution in [0.25, 0.3) is 0 Å². The van der Waals surface area contributed by atoms with E-state index in [4.69, 9.17) is 14.2 Å². The topological polar surface area (TPSA) is 132 Å². The summed E-state index contributed by atoms with van der Waals surface area (Å²) >= 11 is 0. The Hall–Kier alpha value is -3.43. The molecule has 0 radical (unpaired) electrons. The van der Waals surface area contributed by atoms with Crippen molar-refractivity contribution in [1.82, 2.24) is 0 Å². The molecule has 0 spiro atoms. The van der Waals surface area contributed by atoms with Crippen LogP contribution in [0.15, 0.2) is 18.2 Å². The molecule has 0 fully saturated rings. The lowest BCUT2D eigenvalue weighted by Gasteiger charge is -2.23. The molecule has 0 aromatic heterocycles. The van der Waals surface area contributed by atoms with E-state index in [-0.39, 0.29) is 29.6 Å². The van der Waals surface area contributed by atoms with Crippen molar-refractivity contribution in [3.8, 4) is 11.5 Å². The van der Waals surface area contributed by atoms with Gasteiger partial charge in [-0.25, -0.2) is 14.4 Å². The van der Waals surface area contributed by atoms with Crippen LogP contribution in [0.3, 0.4) is 0 Å². The lowest BCUT2D eigenvalue weighted by Crippen LogP contribution is -2.33. The zero-order valence-corrected chi connectivity index (χ0v) is 16.6. The number of aldehydes is 2. The van der Waals surface area contributed by atoms with Crippen molar-refractivity contribution >= 4 is 30.5 Å². The Labute approximate surface area is 167 Å². The van der Waals surface area contributed by atoms with Crippen LogP contribution < -0.4 is 9.47 Å². The van der Waals surface area contributed by atoms with E-state index in [1.165, 1.54) is 18.2 Å². The Bertz CT molecular complexity index is 729. The van der Waals surface area contributed by atoms with Gasteiger partial charge in [0.15, 0.2) is 12.6 Å². The number of ether oxygens (including phenoxy) is 5. The summed E-state index contributed by atoms with van der Waals surface area (Å²) < 4.78 is 24.8. The maximum atomic E-state index is 12.7. The van der Waals surface area contributed by atoms with Crippen LogP contribution in [0.4, 0.5) is 0 Å². The zero-order valence-electron chi connectivity index (χ0n) is 16.6.